The van der Waals surface area contributed by atoms with Gasteiger partial charge in [-0.15, -0.1) is 0 Å². The number of halogens is 1. The van der Waals surface area contributed by atoms with Gasteiger partial charge in [-0.1, -0.05) is 49.8 Å². The van der Waals surface area contributed by atoms with Crippen LogP contribution in [0.1, 0.15) is 51.7 Å². The highest BCUT2D eigenvalue weighted by Gasteiger charge is 2.43. The maximum atomic E-state index is 6.88. The van der Waals surface area contributed by atoms with Crippen LogP contribution in [0.3, 0.4) is 0 Å². The Morgan fingerprint density at radius 1 is 0.850 bits per heavy atom. The molecule has 5 heteroatoms. The molecule has 0 spiro atoms. The minimum Gasteiger partial charge on any atom is -0.497 e. The highest BCUT2D eigenvalue weighted by atomic mass is 35.5. The van der Waals surface area contributed by atoms with E-state index in [4.69, 9.17) is 21.1 Å². The van der Waals surface area contributed by atoms with Crippen molar-refractivity contribution in [1.82, 2.24) is 0 Å². The zero-order chi connectivity index (χ0) is 28.8. The van der Waals surface area contributed by atoms with Gasteiger partial charge in [0.2, 0.25) is 5.69 Å². The van der Waals surface area contributed by atoms with Crippen molar-refractivity contribution >= 4 is 28.7 Å². The molecule has 0 atom stereocenters. The molecule has 0 fully saturated rings. The molecule has 0 aromatic heterocycles. The maximum Gasteiger partial charge on any atom is 0.209 e. The van der Waals surface area contributed by atoms with Crippen molar-refractivity contribution in [3.63, 3.8) is 0 Å². The lowest BCUT2D eigenvalue weighted by Gasteiger charge is -2.23. The molecule has 2 heterocycles. The SMILES string of the molecule is COc1ccc2c(c1)C(C)(C)C(/C=C/C1=C(Cl)C(=C/C=C/C=C3/N(C)c4ccc(OC)cc4C3(C)C)/CC1)=[N+]2C. The lowest BCUT2D eigenvalue weighted by molar-refractivity contribution is -0.401. The van der Waals surface area contributed by atoms with Crippen molar-refractivity contribution in [2.45, 2.75) is 51.4 Å². The third-order valence-corrected chi connectivity index (χ3v) is 9.30. The van der Waals surface area contributed by atoms with Crippen molar-refractivity contribution < 1.29 is 14.0 Å². The molecular weight excluding hydrogens is 516 g/mol. The summed E-state index contributed by atoms with van der Waals surface area (Å²) in [4.78, 5) is 2.27. The summed E-state index contributed by atoms with van der Waals surface area (Å²) in [5.74, 6) is 1.78. The van der Waals surface area contributed by atoms with Gasteiger partial charge in [-0.05, 0) is 79.8 Å². The molecule has 5 rings (SSSR count). The molecule has 2 aromatic rings. The zero-order valence-electron chi connectivity index (χ0n) is 24.9. The number of hydrogen-bond donors (Lipinski definition) is 0. The molecule has 1 aliphatic carbocycles. The number of ether oxygens (including phenoxy) is 2. The van der Waals surface area contributed by atoms with Crippen LogP contribution in [0, 0.1) is 0 Å². The first-order valence-electron chi connectivity index (χ1n) is 13.9. The molecule has 2 aromatic carbocycles. The lowest BCUT2D eigenvalue weighted by atomic mass is 9.81. The minimum atomic E-state index is -0.123. The smallest absolute Gasteiger partial charge is 0.209 e. The fraction of sp³-hybridized carbons (Fsp3) is 0.343. The molecule has 3 aliphatic rings. The fourth-order valence-corrected chi connectivity index (χ4v) is 6.71. The van der Waals surface area contributed by atoms with Gasteiger partial charge in [0, 0.05) is 46.6 Å². The number of hydrogen-bond acceptors (Lipinski definition) is 3. The van der Waals surface area contributed by atoms with Crippen LogP contribution in [-0.2, 0) is 10.8 Å². The van der Waals surface area contributed by atoms with Crippen molar-refractivity contribution in [1.29, 1.82) is 0 Å². The van der Waals surface area contributed by atoms with E-state index in [1.807, 2.05) is 12.1 Å². The van der Waals surface area contributed by atoms with Crippen LogP contribution in [0.5, 0.6) is 11.5 Å². The summed E-state index contributed by atoms with van der Waals surface area (Å²) in [6.07, 6.45) is 14.9. The normalized spacial score (nSPS) is 21.5. The highest BCUT2D eigenvalue weighted by Crippen LogP contribution is 2.48. The predicted molar refractivity (Wildman–Crippen MR) is 168 cm³/mol. The molecule has 40 heavy (non-hydrogen) atoms. The van der Waals surface area contributed by atoms with Gasteiger partial charge in [0.25, 0.3) is 0 Å². The van der Waals surface area contributed by atoms with E-state index < -0.39 is 0 Å². The summed E-state index contributed by atoms with van der Waals surface area (Å²) in [6, 6.07) is 12.6. The molecule has 0 unspecified atom stereocenters. The molecular formula is C35H40ClN2O2+. The molecule has 0 radical (unpaired) electrons. The van der Waals surface area contributed by atoms with Crippen molar-refractivity contribution in [2.75, 3.05) is 33.2 Å². The summed E-state index contributed by atoms with van der Waals surface area (Å²) in [5, 5.41) is 0.865. The summed E-state index contributed by atoms with van der Waals surface area (Å²) < 4.78 is 13.2. The highest BCUT2D eigenvalue weighted by molar-refractivity contribution is 6.33. The van der Waals surface area contributed by atoms with E-state index in [0.717, 1.165) is 29.4 Å². The second kappa shape index (κ2) is 10.5. The first-order valence-corrected chi connectivity index (χ1v) is 14.3. The molecule has 0 saturated heterocycles. The molecule has 208 valence electrons. The molecule has 0 saturated carbocycles. The van der Waals surface area contributed by atoms with Crippen LogP contribution < -0.4 is 14.4 Å². The topological polar surface area (TPSA) is 24.7 Å². The van der Waals surface area contributed by atoms with Crippen LogP contribution in [0.2, 0.25) is 0 Å². The van der Waals surface area contributed by atoms with Crippen molar-refractivity contribution in [3.8, 4) is 11.5 Å². The second-order valence-electron chi connectivity index (χ2n) is 11.8. The van der Waals surface area contributed by atoms with Crippen molar-refractivity contribution in [2.24, 2.45) is 0 Å². The summed E-state index contributed by atoms with van der Waals surface area (Å²) in [6.45, 7) is 9.06. The van der Waals surface area contributed by atoms with Crippen LogP contribution in [-0.4, -0.2) is 38.6 Å². The Kier molecular flexibility index (Phi) is 7.35. The van der Waals surface area contributed by atoms with Crippen LogP contribution in [0.4, 0.5) is 11.4 Å². The monoisotopic (exact) mass is 555 g/mol. The average Bonchev–Trinajstić information content (AvgIpc) is 3.45. The minimum absolute atomic E-state index is 0.109. The molecule has 4 nitrogen and oxygen atoms in total. The van der Waals surface area contributed by atoms with E-state index >= 15 is 0 Å². The molecule has 0 bridgehead atoms. The predicted octanol–water partition coefficient (Wildman–Crippen LogP) is 8.35. The summed E-state index contributed by atoms with van der Waals surface area (Å²) in [7, 11) is 7.69. The van der Waals surface area contributed by atoms with E-state index in [2.05, 4.69) is 112 Å². The standard InChI is InChI=1S/C35H40ClN2O2/c1-34(2)27-21-25(39-7)16-18-29(27)37(5)31(34)12-10-9-11-23-13-14-24(33(23)36)15-20-32-35(3,4)28-22-26(40-8)17-19-30(28)38(32)6/h9-12,15-22H,13-14H2,1-8H3/q+1. The van der Waals surface area contributed by atoms with Gasteiger partial charge >= 0.3 is 0 Å². The maximum absolute atomic E-state index is 6.88. The van der Waals surface area contributed by atoms with Gasteiger partial charge in [0.15, 0.2) is 5.71 Å². The van der Waals surface area contributed by atoms with E-state index in [1.165, 1.54) is 45.1 Å². The lowest BCUT2D eigenvalue weighted by Crippen LogP contribution is -2.26. The largest absolute Gasteiger partial charge is 0.497 e. The van der Waals surface area contributed by atoms with E-state index in [0.29, 0.717) is 0 Å². The molecule has 2 aliphatic heterocycles. The zero-order valence-corrected chi connectivity index (χ0v) is 25.7. The van der Waals surface area contributed by atoms with Gasteiger partial charge < -0.3 is 14.4 Å². The molecule has 0 amide bonds. The Morgan fingerprint density at radius 3 is 2.20 bits per heavy atom. The molecule has 0 N–H and O–H groups in total. The second-order valence-corrected chi connectivity index (χ2v) is 12.2. The third-order valence-electron chi connectivity index (χ3n) is 8.81. The average molecular weight is 556 g/mol. The number of anilines is 1. The number of rotatable bonds is 6. The van der Waals surface area contributed by atoms with E-state index in [-0.39, 0.29) is 10.8 Å². The number of methoxy groups -OCH3 is 2. The Bertz CT molecular complexity index is 1550. The van der Waals surface area contributed by atoms with Crippen LogP contribution in [0.15, 0.2) is 94.7 Å². The number of benzene rings is 2. The fourth-order valence-electron chi connectivity index (χ4n) is 6.39. The van der Waals surface area contributed by atoms with Crippen molar-refractivity contribution in [3.05, 3.63) is 106 Å². The van der Waals surface area contributed by atoms with Gasteiger partial charge in [-0.25, -0.2) is 0 Å². The van der Waals surface area contributed by atoms with Gasteiger partial charge in [-0.2, -0.15) is 4.58 Å². The number of fused-ring (bicyclic) bond motifs is 2. The van der Waals surface area contributed by atoms with Gasteiger partial charge in [0.1, 0.15) is 18.5 Å². The van der Waals surface area contributed by atoms with Crippen LogP contribution >= 0.6 is 11.6 Å². The van der Waals surface area contributed by atoms with Gasteiger partial charge in [0.05, 0.1) is 19.6 Å². The Balaban J connectivity index is 1.34. The van der Waals surface area contributed by atoms with Gasteiger partial charge in [-0.3, -0.25) is 0 Å². The summed E-state index contributed by atoms with van der Waals surface area (Å²) in [5.41, 5.74) is 9.63. The number of likely N-dealkylation sites (N-methyl/N-ethyl adjacent to an activating group) is 1. The Hall–Kier alpha value is -3.50. The van der Waals surface area contributed by atoms with E-state index in [9.17, 15) is 0 Å². The Labute approximate surface area is 244 Å². The van der Waals surface area contributed by atoms with Crippen LogP contribution in [0.25, 0.3) is 0 Å². The first-order chi connectivity index (χ1) is 19.0. The Morgan fingerprint density at radius 2 is 1.50 bits per heavy atom. The first kappa shape index (κ1) is 28.0. The number of nitrogens with zero attached hydrogens (tertiary/aromatic N) is 2. The summed E-state index contributed by atoms with van der Waals surface area (Å²) >= 11 is 6.88. The quantitative estimate of drug-likeness (QED) is 0.335. The third kappa shape index (κ3) is 4.62. The van der Waals surface area contributed by atoms with E-state index in [1.54, 1.807) is 14.2 Å². The number of allylic oxidation sites excluding steroid dienone is 10.